The first-order valence-electron chi connectivity index (χ1n) is 11.9. The molecular formula is C25H32BrNO10. The Balaban J connectivity index is 1.65. The second-order valence-corrected chi connectivity index (χ2v) is 9.44. The van der Waals surface area contributed by atoms with Gasteiger partial charge in [0.25, 0.3) is 5.91 Å². The summed E-state index contributed by atoms with van der Waals surface area (Å²) in [6.45, 7) is 2.73. The highest BCUT2D eigenvalue weighted by Crippen LogP contribution is 2.37. The van der Waals surface area contributed by atoms with Gasteiger partial charge in [-0.1, -0.05) is 30.3 Å². The predicted molar refractivity (Wildman–Crippen MR) is 133 cm³/mol. The van der Waals surface area contributed by atoms with Gasteiger partial charge in [0, 0.05) is 20.1 Å². The van der Waals surface area contributed by atoms with Crippen molar-refractivity contribution in [3.05, 3.63) is 46.5 Å². The minimum absolute atomic E-state index is 0.0498. The highest BCUT2D eigenvalue weighted by atomic mass is 79.9. The summed E-state index contributed by atoms with van der Waals surface area (Å²) in [5, 5.41) is 19.8. The zero-order chi connectivity index (χ0) is 27.0. The Kier molecular flexibility index (Phi) is 10.8. The summed E-state index contributed by atoms with van der Waals surface area (Å²) in [6, 6.07) is 8.34. The van der Waals surface area contributed by atoms with Gasteiger partial charge in [0.2, 0.25) is 0 Å². The van der Waals surface area contributed by atoms with E-state index in [2.05, 4.69) is 15.9 Å². The molecular weight excluding hydrogens is 554 g/mol. The van der Waals surface area contributed by atoms with Crippen LogP contribution in [0.15, 0.2) is 40.9 Å². The molecule has 0 saturated carbocycles. The molecule has 12 heteroatoms. The van der Waals surface area contributed by atoms with Crippen LogP contribution in [0.25, 0.3) is 0 Å². The number of halogens is 1. The monoisotopic (exact) mass is 585 g/mol. The molecule has 2 aliphatic heterocycles. The number of cyclic esters (lactones) is 1. The highest BCUT2D eigenvalue weighted by Gasteiger charge is 2.51. The molecule has 204 valence electrons. The highest BCUT2D eigenvalue weighted by molar-refractivity contribution is 9.11. The summed E-state index contributed by atoms with van der Waals surface area (Å²) in [7, 11) is 1.22. The summed E-state index contributed by atoms with van der Waals surface area (Å²) in [5.74, 6) is -3.32. The largest absolute Gasteiger partial charge is 0.439 e. The lowest BCUT2D eigenvalue weighted by Gasteiger charge is -2.38. The third-order valence-corrected chi connectivity index (χ3v) is 6.91. The van der Waals surface area contributed by atoms with Crippen LogP contribution in [0.3, 0.4) is 0 Å². The molecule has 2 amide bonds. The summed E-state index contributed by atoms with van der Waals surface area (Å²) < 4.78 is 27.2. The molecule has 5 atom stereocenters. The number of ketones is 1. The van der Waals surface area contributed by atoms with Gasteiger partial charge in [0.15, 0.2) is 23.8 Å². The number of hydrogen-bond acceptors (Lipinski definition) is 10. The minimum atomic E-state index is -1.91. The van der Waals surface area contributed by atoms with E-state index in [1.807, 2.05) is 6.07 Å². The number of hydrogen-bond donors (Lipinski definition) is 2. The van der Waals surface area contributed by atoms with Crippen molar-refractivity contribution in [3.63, 3.8) is 0 Å². The fourth-order valence-corrected chi connectivity index (χ4v) is 4.69. The van der Waals surface area contributed by atoms with Crippen LogP contribution in [-0.2, 0) is 33.3 Å². The number of methoxy groups -OCH3 is 1. The average Bonchev–Trinajstić information content (AvgIpc) is 3.18. The van der Waals surface area contributed by atoms with Crippen LogP contribution in [0.4, 0.5) is 4.79 Å². The Morgan fingerprint density at radius 2 is 1.84 bits per heavy atom. The number of imide groups is 1. The molecule has 1 aromatic rings. The van der Waals surface area contributed by atoms with Crippen LogP contribution >= 0.6 is 15.9 Å². The van der Waals surface area contributed by atoms with Crippen molar-refractivity contribution in [2.24, 2.45) is 0 Å². The van der Waals surface area contributed by atoms with Crippen molar-refractivity contribution in [1.82, 2.24) is 4.90 Å². The molecule has 3 rings (SSSR count). The van der Waals surface area contributed by atoms with E-state index < -0.39 is 47.9 Å². The van der Waals surface area contributed by atoms with Crippen LogP contribution in [0.1, 0.15) is 31.4 Å². The van der Waals surface area contributed by atoms with Gasteiger partial charge in [-0.25, -0.2) is 9.69 Å². The molecule has 0 spiro atoms. The van der Waals surface area contributed by atoms with Gasteiger partial charge >= 0.3 is 6.09 Å². The van der Waals surface area contributed by atoms with E-state index in [1.54, 1.807) is 31.2 Å². The van der Waals surface area contributed by atoms with Crippen molar-refractivity contribution in [1.29, 1.82) is 0 Å². The summed E-state index contributed by atoms with van der Waals surface area (Å²) in [6.07, 6.45) is -2.97. The number of amides is 2. The molecule has 1 aromatic carbocycles. The number of nitrogens with zero attached hydrogens (tertiary/aromatic N) is 1. The smallest absolute Gasteiger partial charge is 0.417 e. The van der Waals surface area contributed by atoms with Gasteiger partial charge in [-0.3, -0.25) is 9.59 Å². The van der Waals surface area contributed by atoms with Gasteiger partial charge < -0.3 is 33.9 Å². The van der Waals surface area contributed by atoms with Gasteiger partial charge in [-0.15, -0.1) is 0 Å². The first-order chi connectivity index (χ1) is 17.7. The summed E-state index contributed by atoms with van der Waals surface area (Å²) in [4.78, 5) is 39.8. The van der Waals surface area contributed by atoms with Crippen molar-refractivity contribution in [3.8, 4) is 0 Å². The van der Waals surface area contributed by atoms with E-state index in [4.69, 9.17) is 28.8 Å². The molecule has 37 heavy (non-hydrogen) atoms. The molecule has 0 bridgehead atoms. The lowest BCUT2D eigenvalue weighted by atomic mass is 9.98. The Hall–Kier alpha value is -2.19. The molecule has 11 nitrogen and oxygen atoms in total. The van der Waals surface area contributed by atoms with Crippen LogP contribution in [-0.4, -0.2) is 97.1 Å². The molecule has 1 saturated heterocycles. The summed E-state index contributed by atoms with van der Waals surface area (Å²) >= 11 is 3.19. The lowest BCUT2D eigenvalue weighted by molar-refractivity contribution is -0.227. The Bertz CT molecular complexity index is 973. The van der Waals surface area contributed by atoms with Crippen molar-refractivity contribution < 1.29 is 48.3 Å². The maximum absolute atomic E-state index is 13.4. The topological polar surface area (TPSA) is 141 Å². The Morgan fingerprint density at radius 1 is 1.16 bits per heavy atom. The average molecular weight is 586 g/mol. The molecule has 2 heterocycles. The molecule has 1 fully saturated rings. The quantitative estimate of drug-likeness (QED) is 0.329. The van der Waals surface area contributed by atoms with Gasteiger partial charge in [0.05, 0.1) is 37.0 Å². The lowest BCUT2D eigenvalue weighted by Crippen LogP contribution is -2.56. The van der Waals surface area contributed by atoms with E-state index in [9.17, 15) is 19.5 Å². The fourth-order valence-electron chi connectivity index (χ4n) is 4.17. The molecule has 0 unspecified atom stereocenters. The van der Waals surface area contributed by atoms with Crippen LogP contribution in [0.2, 0.25) is 0 Å². The van der Waals surface area contributed by atoms with E-state index in [0.717, 1.165) is 16.5 Å². The van der Waals surface area contributed by atoms with Gasteiger partial charge in [0.1, 0.15) is 6.10 Å². The fraction of sp³-hybridized carbons (Fsp3) is 0.560. The zero-order valence-electron chi connectivity index (χ0n) is 20.7. The number of rotatable bonds is 13. The van der Waals surface area contributed by atoms with E-state index in [1.165, 1.54) is 7.11 Å². The van der Waals surface area contributed by atoms with Gasteiger partial charge in [-0.05, 0) is 40.9 Å². The second-order valence-electron chi connectivity index (χ2n) is 8.59. The van der Waals surface area contributed by atoms with Crippen LogP contribution in [0.5, 0.6) is 0 Å². The van der Waals surface area contributed by atoms with Crippen molar-refractivity contribution in [2.45, 2.75) is 49.9 Å². The molecule has 2 aliphatic rings. The minimum Gasteiger partial charge on any atom is -0.439 e. The number of aliphatic hydroxyl groups excluding tert-OH is 1. The maximum atomic E-state index is 13.4. The van der Waals surface area contributed by atoms with Crippen LogP contribution < -0.4 is 0 Å². The zero-order valence-corrected chi connectivity index (χ0v) is 22.3. The van der Waals surface area contributed by atoms with E-state index >= 15 is 0 Å². The molecule has 0 radical (unpaired) electrons. The Morgan fingerprint density at radius 3 is 2.49 bits per heavy atom. The van der Waals surface area contributed by atoms with Crippen molar-refractivity contribution in [2.75, 3.05) is 40.1 Å². The van der Waals surface area contributed by atoms with E-state index in [0.29, 0.717) is 19.6 Å². The second kappa shape index (κ2) is 13.6. The predicted octanol–water partition coefficient (Wildman–Crippen LogP) is 1.85. The Labute approximate surface area is 223 Å². The first kappa shape index (κ1) is 29.4. The molecule has 2 N–H and O–H groups in total. The number of carbonyl (C=O) groups is 3. The maximum Gasteiger partial charge on any atom is 0.417 e. The SMILES string of the molecule is CO[C@@H](C(=O)N1C(=O)O[C@@H](c2ccccc2)[C@H]1C)[C@@H]1O[C@@](O)(CCCOCCOCCO)C(Br)=CC1=O. The summed E-state index contributed by atoms with van der Waals surface area (Å²) in [5.41, 5.74) is 0.723. The third-order valence-electron chi connectivity index (χ3n) is 6.06. The van der Waals surface area contributed by atoms with Crippen LogP contribution in [0, 0.1) is 0 Å². The first-order valence-corrected chi connectivity index (χ1v) is 12.7. The number of benzene rings is 1. The van der Waals surface area contributed by atoms with Crippen molar-refractivity contribution >= 4 is 33.7 Å². The number of carbonyl (C=O) groups excluding carboxylic acids is 3. The molecule has 0 aromatic heterocycles. The van der Waals surface area contributed by atoms with Gasteiger partial charge in [-0.2, -0.15) is 0 Å². The number of ether oxygens (including phenoxy) is 5. The number of aliphatic hydroxyl groups is 2. The standard InChI is InChI=1S/C25H32BrNO10/c1-16-20(17-7-4-3-5-8-17)36-24(31)27(16)23(30)22(33-2)21-18(29)15-19(26)25(32,37-21)9-6-11-34-13-14-35-12-10-28/h3-5,7-8,15-16,20-22,28,32H,6,9-14H2,1-2H3/t16-,20-,21-,22-,25+/m1/s1. The third kappa shape index (κ3) is 7.02. The normalized spacial score (nSPS) is 26.7. The van der Waals surface area contributed by atoms with E-state index in [-0.39, 0.29) is 30.7 Å². The molecule has 0 aliphatic carbocycles.